The number of rotatable bonds is 8. The van der Waals surface area contributed by atoms with E-state index in [0.29, 0.717) is 12.0 Å². The predicted molar refractivity (Wildman–Crippen MR) is 82.3 cm³/mol. The second-order valence-electron chi connectivity index (χ2n) is 5.56. The lowest BCUT2D eigenvalue weighted by atomic mass is 9.92. The third-order valence-electron chi connectivity index (χ3n) is 4.00. The second-order valence-corrected chi connectivity index (χ2v) is 5.56. The van der Waals surface area contributed by atoms with Gasteiger partial charge in [0.05, 0.1) is 13.2 Å². The number of hydrogen-bond donors (Lipinski definition) is 1. The topological polar surface area (TPSA) is 30.5 Å². The highest BCUT2D eigenvalue weighted by Crippen LogP contribution is 2.26. The Kier molecular flexibility index (Phi) is 6.34. The molecule has 1 aliphatic heterocycles. The average Bonchev–Trinajstić information content (AvgIpc) is 2.98. The van der Waals surface area contributed by atoms with E-state index in [-0.39, 0.29) is 0 Å². The summed E-state index contributed by atoms with van der Waals surface area (Å²) in [7, 11) is 1.75. The van der Waals surface area contributed by atoms with E-state index < -0.39 is 0 Å². The van der Waals surface area contributed by atoms with Crippen molar-refractivity contribution in [2.24, 2.45) is 5.92 Å². The van der Waals surface area contributed by atoms with E-state index in [9.17, 15) is 0 Å². The van der Waals surface area contributed by atoms with E-state index in [1.54, 1.807) is 7.11 Å². The normalized spacial score (nSPS) is 20.0. The summed E-state index contributed by atoms with van der Waals surface area (Å²) in [6.07, 6.45) is 5.08. The molecule has 1 aromatic carbocycles. The summed E-state index contributed by atoms with van der Waals surface area (Å²) in [5.74, 6) is 1.61. The maximum Gasteiger partial charge on any atom is 0.122 e. The highest BCUT2D eigenvalue weighted by atomic mass is 16.5. The molecule has 20 heavy (non-hydrogen) atoms. The number of benzene rings is 1. The lowest BCUT2D eigenvalue weighted by molar-refractivity contribution is 0.0892. The van der Waals surface area contributed by atoms with Gasteiger partial charge in [0.2, 0.25) is 0 Å². The minimum absolute atomic E-state index is 0.452. The molecule has 0 radical (unpaired) electrons. The van der Waals surface area contributed by atoms with Gasteiger partial charge in [-0.15, -0.1) is 0 Å². The molecule has 0 amide bonds. The molecule has 1 fully saturated rings. The van der Waals surface area contributed by atoms with Crippen molar-refractivity contribution < 1.29 is 9.47 Å². The molecule has 0 bridgehead atoms. The Morgan fingerprint density at radius 2 is 2.25 bits per heavy atom. The van der Waals surface area contributed by atoms with E-state index in [1.807, 2.05) is 12.1 Å². The third kappa shape index (κ3) is 4.50. The highest BCUT2D eigenvalue weighted by Gasteiger charge is 2.21. The Balaban J connectivity index is 1.97. The van der Waals surface area contributed by atoms with Crippen molar-refractivity contribution in [1.82, 2.24) is 5.32 Å². The zero-order valence-corrected chi connectivity index (χ0v) is 12.7. The minimum atomic E-state index is 0.452. The average molecular weight is 277 g/mol. The molecule has 0 spiro atoms. The second kappa shape index (κ2) is 8.28. The molecule has 3 nitrogen and oxygen atoms in total. The molecule has 0 saturated carbocycles. The Morgan fingerprint density at radius 3 is 2.95 bits per heavy atom. The summed E-state index contributed by atoms with van der Waals surface area (Å²) in [4.78, 5) is 0. The standard InChI is InChI=1S/C17H27NO2/c1-3-18-13-14(12-16-8-6-10-20-16)11-15-7-4-5-9-17(15)19-2/h4-5,7,9,14,16,18H,3,6,8,10-13H2,1-2H3. The summed E-state index contributed by atoms with van der Waals surface area (Å²) in [5.41, 5.74) is 1.30. The largest absolute Gasteiger partial charge is 0.496 e. The maximum atomic E-state index is 5.80. The van der Waals surface area contributed by atoms with E-state index >= 15 is 0 Å². The van der Waals surface area contributed by atoms with Crippen LogP contribution < -0.4 is 10.1 Å². The van der Waals surface area contributed by atoms with Gasteiger partial charge in [-0.1, -0.05) is 25.1 Å². The van der Waals surface area contributed by atoms with E-state index in [1.165, 1.54) is 18.4 Å². The van der Waals surface area contributed by atoms with Crippen LogP contribution in [0.25, 0.3) is 0 Å². The maximum absolute atomic E-state index is 5.80. The molecule has 1 N–H and O–H groups in total. The number of methoxy groups -OCH3 is 1. The van der Waals surface area contributed by atoms with Gasteiger partial charge in [0.1, 0.15) is 5.75 Å². The van der Waals surface area contributed by atoms with Gasteiger partial charge >= 0.3 is 0 Å². The lowest BCUT2D eigenvalue weighted by Crippen LogP contribution is -2.27. The van der Waals surface area contributed by atoms with Gasteiger partial charge in [0, 0.05) is 6.61 Å². The fraction of sp³-hybridized carbons (Fsp3) is 0.647. The van der Waals surface area contributed by atoms with Crippen LogP contribution in [-0.2, 0) is 11.2 Å². The zero-order valence-electron chi connectivity index (χ0n) is 12.7. The monoisotopic (exact) mass is 277 g/mol. The fourth-order valence-electron chi connectivity index (χ4n) is 2.97. The predicted octanol–water partition coefficient (Wildman–Crippen LogP) is 3.03. The van der Waals surface area contributed by atoms with Gasteiger partial charge in [-0.25, -0.2) is 0 Å². The molecule has 1 aliphatic rings. The summed E-state index contributed by atoms with van der Waals surface area (Å²) >= 11 is 0. The van der Waals surface area contributed by atoms with Crippen molar-refractivity contribution in [2.45, 2.75) is 38.7 Å². The molecule has 2 atom stereocenters. The van der Waals surface area contributed by atoms with E-state index in [2.05, 4.69) is 24.4 Å². The molecule has 2 rings (SSSR count). The summed E-state index contributed by atoms with van der Waals surface area (Å²) < 4.78 is 11.3. The lowest BCUT2D eigenvalue weighted by Gasteiger charge is -2.21. The fourth-order valence-corrected chi connectivity index (χ4v) is 2.97. The number of para-hydroxylation sites is 1. The first-order valence-electron chi connectivity index (χ1n) is 7.77. The van der Waals surface area contributed by atoms with Gasteiger partial charge in [0.15, 0.2) is 0 Å². The van der Waals surface area contributed by atoms with Crippen molar-refractivity contribution in [3.8, 4) is 5.75 Å². The van der Waals surface area contributed by atoms with E-state index in [0.717, 1.165) is 38.3 Å². The summed E-state index contributed by atoms with van der Waals surface area (Å²) in [6.45, 7) is 5.17. The molecular formula is C17H27NO2. The minimum Gasteiger partial charge on any atom is -0.496 e. The van der Waals surface area contributed by atoms with Gasteiger partial charge in [-0.2, -0.15) is 0 Å². The van der Waals surface area contributed by atoms with Crippen LogP contribution in [-0.4, -0.2) is 32.9 Å². The van der Waals surface area contributed by atoms with Crippen molar-refractivity contribution in [1.29, 1.82) is 0 Å². The van der Waals surface area contributed by atoms with Crippen LogP contribution in [0, 0.1) is 5.92 Å². The van der Waals surface area contributed by atoms with E-state index in [4.69, 9.17) is 9.47 Å². The van der Waals surface area contributed by atoms with Gasteiger partial charge < -0.3 is 14.8 Å². The smallest absolute Gasteiger partial charge is 0.122 e. The Bertz CT molecular complexity index is 388. The molecule has 1 saturated heterocycles. The van der Waals surface area contributed by atoms with Gasteiger partial charge in [-0.05, 0) is 56.3 Å². The zero-order chi connectivity index (χ0) is 14.2. The van der Waals surface area contributed by atoms with Crippen LogP contribution in [0.3, 0.4) is 0 Å². The number of nitrogens with one attached hydrogen (secondary N) is 1. The highest BCUT2D eigenvalue weighted by molar-refractivity contribution is 5.33. The van der Waals surface area contributed by atoms with Gasteiger partial charge in [0.25, 0.3) is 0 Å². The molecule has 3 heteroatoms. The molecule has 112 valence electrons. The molecule has 0 aromatic heterocycles. The Hall–Kier alpha value is -1.06. The Morgan fingerprint density at radius 1 is 1.40 bits per heavy atom. The first-order valence-corrected chi connectivity index (χ1v) is 7.77. The number of hydrogen-bond acceptors (Lipinski definition) is 3. The van der Waals surface area contributed by atoms with Crippen LogP contribution in [0.4, 0.5) is 0 Å². The van der Waals surface area contributed by atoms with Crippen LogP contribution in [0.1, 0.15) is 31.7 Å². The molecule has 2 unspecified atom stereocenters. The molecular weight excluding hydrogens is 250 g/mol. The van der Waals surface area contributed by atoms with Gasteiger partial charge in [-0.3, -0.25) is 0 Å². The molecule has 1 heterocycles. The van der Waals surface area contributed by atoms with Crippen molar-refractivity contribution in [3.63, 3.8) is 0 Å². The molecule has 0 aliphatic carbocycles. The van der Waals surface area contributed by atoms with Crippen LogP contribution in [0.5, 0.6) is 5.75 Å². The first-order chi connectivity index (χ1) is 9.83. The summed E-state index contributed by atoms with van der Waals surface area (Å²) in [6, 6.07) is 8.34. The SMILES string of the molecule is CCNCC(Cc1ccccc1OC)CC1CCCO1. The van der Waals surface area contributed by atoms with Crippen LogP contribution in [0.2, 0.25) is 0 Å². The van der Waals surface area contributed by atoms with Crippen molar-refractivity contribution in [2.75, 3.05) is 26.8 Å². The van der Waals surface area contributed by atoms with Crippen molar-refractivity contribution in [3.05, 3.63) is 29.8 Å². The summed E-state index contributed by atoms with van der Waals surface area (Å²) in [5, 5.41) is 3.48. The first kappa shape index (κ1) is 15.3. The molecule has 1 aromatic rings. The van der Waals surface area contributed by atoms with Crippen LogP contribution in [0.15, 0.2) is 24.3 Å². The third-order valence-corrected chi connectivity index (χ3v) is 4.00. The number of ether oxygens (including phenoxy) is 2. The van der Waals surface area contributed by atoms with Crippen molar-refractivity contribution >= 4 is 0 Å². The Labute approximate surface area is 122 Å². The quantitative estimate of drug-likeness (QED) is 0.792. The van der Waals surface area contributed by atoms with Crippen LogP contribution >= 0.6 is 0 Å².